The number of hydrogen-bond acceptors (Lipinski definition) is 3. The molecular formula is C27H38N2O3. The Morgan fingerprint density at radius 3 is 2.28 bits per heavy atom. The van der Waals surface area contributed by atoms with Crippen LogP contribution in [0.4, 0.5) is 0 Å². The molecule has 0 aliphatic rings. The summed E-state index contributed by atoms with van der Waals surface area (Å²) >= 11 is 0. The number of nitrogens with zero attached hydrogens (tertiary/aromatic N) is 1. The van der Waals surface area contributed by atoms with Gasteiger partial charge in [0, 0.05) is 23.2 Å². The fraction of sp³-hybridized carbons (Fsp3) is 0.481. The minimum absolute atomic E-state index is 0.139. The summed E-state index contributed by atoms with van der Waals surface area (Å²) in [6.45, 7) is 12.8. The summed E-state index contributed by atoms with van der Waals surface area (Å²) in [4.78, 5) is 26.8. The highest BCUT2D eigenvalue weighted by molar-refractivity contribution is 6.00. The molecule has 2 rings (SSSR count). The van der Waals surface area contributed by atoms with E-state index in [1.165, 1.54) is 5.01 Å². The van der Waals surface area contributed by atoms with Gasteiger partial charge in [0.2, 0.25) is 0 Å². The lowest BCUT2D eigenvalue weighted by atomic mass is 9.87. The number of hydrogen-bond donors (Lipinski definition) is 1. The molecule has 5 heteroatoms. The number of amides is 2. The van der Waals surface area contributed by atoms with Gasteiger partial charge in [0.25, 0.3) is 11.8 Å². The normalized spacial score (nSPS) is 11.2. The van der Waals surface area contributed by atoms with Crippen LogP contribution >= 0.6 is 0 Å². The van der Waals surface area contributed by atoms with E-state index in [1.54, 1.807) is 19.2 Å². The molecular weight excluding hydrogens is 400 g/mol. The molecule has 0 aliphatic heterocycles. The maximum absolute atomic E-state index is 13.5. The Morgan fingerprint density at radius 1 is 1.06 bits per heavy atom. The second-order valence-electron chi connectivity index (χ2n) is 9.32. The summed E-state index contributed by atoms with van der Waals surface area (Å²) < 4.78 is 5.44. The van der Waals surface area contributed by atoms with Crippen molar-refractivity contribution in [1.82, 2.24) is 10.4 Å². The van der Waals surface area contributed by atoms with Crippen LogP contribution in [0.25, 0.3) is 0 Å². The van der Waals surface area contributed by atoms with Crippen molar-refractivity contribution in [2.75, 3.05) is 13.7 Å². The number of carbonyl (C=O) groups is 2. The first-order valence-electron chi connectivity index (χ1n) is 11.5. The number of nitrogens with one attached hydrogen (secondary N) is 1. The van der Waals surface area contributed by atoms with Crippen LogP contribution in [0, 0.1) is 19.3 Å². The van der Waals surface area contributed by atoms with Gasteiger partial charge in [-0.1, -0.05) is 63.8 Å². The van der Waals surface area contributed by atoms with Gasteiger partial charge in [-0.3, -0.25) is 15.0 Å². The fourth-order valence-corrected chi connectivity index (χ4v) is 4.10. The summed E-state index contributed by atoms with van der Waals surface area (Å²) in [5, 5.41) is 1.49. The summed E-state index contributed by atoms with van der Waals surface area (Å²) in [6.07, 6.45) is 3.78. The molecule has 174 valence electrons. The summed E-state index contributed by atoms with van der Waals surface area (Å²) in [6, 6.07) is 11.2. The van der Waals surface area contributed by atoms with Crippen molar-refractivity contribution in [2.45, 2.75) is 67.2 Å². The maximum atomic E-state index is 13.5. The SMILES string of the molecule is CCCCC(C)(C)CN(NC(=O)c1cccc(OC)c1CC)C(=O)c1cc(C)cc(C)c1. The molecule has 5 nitrogen and oxygen atoms in total. The van der Waals surface area contributed by atoms with Crippen molar-refractivity contribution >= 4 is 11.8 Å². The Morgan fingerprint density at radius 2 is 1.72 bits per heavy atom. The average Bonchev–Trinajstić information content (AvgIpc) is 2.75. The first-order chi connectivity index (χ1) is 15.1. The van der Waals surface area contributed by atoms with E-state index in [0.717, 1.165) is 36.0 Å². The van der Waals surface area contributed by atoms with E-state index in [0.29, 0.717) is 29.8 Å². The Bertz CT molecular complexity index is 930. The van der Waals surface area contributed by atoms with Gasteiger partial charge < -0.3 is 4.74 Å². The van der Waals surface area contributed by atoms with Crippen molar-refractivity contribution < 1.29 is 14.3 Å². The molecule has 2 aromatic carbocycles. The van der Waals surface area contributed by atoms with Gasteiger partial charge in [0.15, 0.2) is 0 Å². The molecule has 0 heterocycles. The van der Waals surface area contributed by atoms with E-state index in [2.05, 4.69) is 26.2 Å². The molecule has 32 heavy (non-hydrogen) atoms. The molecule has 0 saturated heterocycles. The molecule has 0 spiro atoms. The monoisotopic (exact) mass is 438 g/mol. The van der Waals surface area contributed by atoms with Crippen LogP contribution in [0.1, 0.15) is 84.4 Å². The predicted octanol–water partition coefficient (Wildman–Crippen LogP) is 5.88. The van der Waals surface area contributed by atoms with E-state index in [9.17, 15) is 9.59 Å². The van der Waals surface area contributed by atoms with Crippen LogP contribution < -0.4 is 10.2 Å². The predicted molar refractivity (Wildman–Crippen MR) is 130 cm³/mol. The number of ether oxygens (including phenoxy) is 1. The van der Waals surface area contributed by atoms with E-state index in [4.69, 9.17) is 4.74 Å². The molecule has 1 N–H and O–H groups in total. The average molecular weight is 439 g/mol. The van der Waals surface area contributed by atoms with E-state index in [-0.39, 0.29) is 17.2 Å². The third kappa shape index (κ3) is 6.59. The molecule has 0 aromatic heterocycles. The zero-order chi connectivity index (χ0) is 23.9. The highest BCUT2D eigenvalue weighted by atomic mass is 16.5. The van der Waals surface area contributed by atoms with Gasteiger partial charge in [-0.05, 0) is 56.4 Å². The largest absolute Gasteiger partial charge is 0.496 e. The number of rotatable bonds is 9. The molecule has 2 amide bonds. The number of benzene rings is 2. The minimum Gasteiger partial charge on any atom is -0.496 e. The van der Waals surface area contributed by atoms with Crippen LogP contribution in [-0.2, 0) is 6.42 Å². The first kappa shape index (κ1) is 25.4. The lowest BCUT2D eigenvalue weighted by molar-refractivity contribution is 0.0484. The Hall–Kier alpha value is -2.82. The summed E-state index contributed by atoms with van der Waals surface area (Å²) in [7, 11) is 1.60. The highest BCUT2D eigenvalue weighted by Gasteiger charge is 2.28. The Balaban J connectivity index is 2.40. The van der Waals surface area contributed by atoms with Crippen LogP contribution in [0.2, 0.25) is 0 Å². The maximum Gasteiger partial charge on any atom is 0.272 e. The lowest BCUT2D eigenvalue weighted by Gasteiger charge is -2.33. The van der Waals surface area contributed by atoms with Gasteiger partial charge >= 0.3 is 0 Å². The number of hydrazine groups is 1. The summed E-state index contributed by atoms with van der Waals surface area (Å²) in [5.41, 5.74) is 6.75. The van der Waals surface area contributed by atoms with Crippen molar-refractivity contribution in [3.8, 4) is 5.75 Å². The Kier molecular flexibility index (Phi) is 8.88. The smallest absolute Gasteiger partial charge is 0.272 e. The molecule has 0 unspecified atom stereocenters. The van der Waals surface area contributed by atoms with Gasteiger partial charge in [-0.2, -0.15) is 0 Å². The number of methoxy groups -OCH3 is 1. The standard InChI is InChI=1S/C27H38N2O3/c1-8-10-14-27(5,6)18-29(26(31)21-16-19(3)15-20(4)17-21)28-25(30)23-12-11-13-24(32-7)22(23)9-2/h11-13,15-17H,8-10,14,18H2,1-7H3,(H,28,30). The third-order valence-corrected chi connectivity index (χ3v) is 5.69. The molecule has 0 fully saturated rings. The summed E-state index contributed by atoms with van der Waals surface area (Å²) in [5.74, 6) is 0.177. The zero-order valence-corrected chi connectivity index (χ0v) is 20.7. The third-order valence-electron chi connectivity index (χ3n) is 5.69. The van der Waals surface area contributed by atoms with Crippen LogP contribution in [0.5, 0.6) is 5.75 Å². The van der Waals surface area contributed by atoms with E-state index in [1.807, 2.05) is 45.0 Å². The molecule has 0 atom stereocenters. The first-order valence-corrected chi connectivity index (χ1v) is 11.5. The van der Waals surface area contributed by atoms with E-state index >= 15 is 0 Å². The number of carbonyl (C=O) groups excluding carboxylic acids is 2. The van der Waals surface area contributed by atoms with Crippen molar-refractivity contribution in [2.24, 2.45) is 5.41 Å². The van der Waals surface area contributed by atoms with Crippen molar-refractivity contribution in [3.63, 3.8) is 0 Å². The number of unbranched alkanes of at least 4 members (excludes halogenated alkanes) is 1. The Labute approximate surface area is 193 Å². The molecule has 0 saturated carbocycles. The molecule has 2 aromatic rings. The van der Waals surface area contributed by atoms with Crippen molar-refractivity contribution in [1.29, 1.82) is 0 Å². The molecule has 0 aliphatic carbocycles. The van der Waals surface area contributed by atoms with Crippen molar-refractivity contribution in [3.05, 3.63) is 64.2 Å². The van der Waals surface area contributed by atoms with Gasteiger partial charge in [0.1, 0.15) is 5.75 Å². The van der Waals surface area contributed by atoms with Gasteiger partial charge in [0.05, 0.1) is 7.11 Å². The lowest BCUT2D eigenvalue weighted by Crippen LogP contribution is -2.50. The molecule has 0 radical (unpaired) electrons. The topological polar surface area (TPSA) is 58.6 Å². The fourth-order valence-electron chi connectivity index (χ4n) is 4.10. The second-order valence-corrected chi connectivity index (χ2v) is 9.32. The number of aryl methyl sites for hydroxylation is 2. The van der Waals surface area contributed by atoms with E-state index < -0.39 is 0 Å². The highest BCUT2D eigenvalue weighted by Crippen LogP contribution is 2.26. The van der Waals surface area contributed by atoms with Crippen LogP contribution in [0.3, 0.4) is 0 Å². The quantitative estimate of drug-likeness (QED) is 0.498. The zero-order valence-electron chi connectivity index (χ0n) is 20.7. The van der Waals surface area contributed by atoms with Gasteiger partial charge in [-0.15, -0.1) is 0 Å². The molecule has 0 bridgehead atoms. The van der Waals surface area contributed by atoms with Gasteiger partial charge in [-0.25, -0.2) is 5.01 Å². The van der Waals surface area contributed by atoms with Crippen LogP contribution in [-0.4, -0.2) is 30.5 Å². The second kappa shape index (κ2) is 11.2. The minimum atomic E-state index is -0.301. The van der Waals surface area contributed by atoms with Crippen LogP contribution in [0.15, 0.2) is 36.4 Å².